The first kappa shape index (κ1) is 19.7. The van der Waals surface area contributed by atoms with E-state index in [1.54, 1.807) is 24.4 Å². The second-order valence-corrected chi connectivity index (χ2v) is 7.67. The number of ether oxygens (including phenoxy) is 1. The summed E-state index contributed by atoms with van der Waals surface area (Å²) >= 11 is 0. The van der Waals surface area contributed by atoms with Crippen LogP contribution in [0, 0.1) is 0 Å². The van der Waals surface area contributed by atoms with Gasteiger partial charge in [0.25, 0.3) is 10.0 Å². The number of aromatic nitrogens is 1. The summed E-state index contributed by atoms with van der Waals surface area (Å²) in [5, 5.41) is 0. The van der Waals surface area contributed by atoms with Crippen molar-refractivity contribution in [3.05, 3.63) is 72.9 Å². The zero-order chi connectivity index (χ0) is 20.0. The molecular formula is C21H23N3O3S. The number of nitrogens with one attached hydrogen (secondary N) is 1. The van der Waals surface area contributed by atoms with Gasteiger partial charge in [-0.25, -0.2) is 13.4 Å². The summed E-state index contributed by atoms with van der Waals surface area (Å²) in [6.07, 6.45) is 1.66. The van der Waals surface area contributed by atoms with Gasteiger partial charge in [-0.3, -0.25) is 4.72 Å². The van der Waals surface area contributed by atoms with Crippen LogP contribution in [0.1, 0.15) is 13.8 Å². The monoisotopic (exact) mass is 397 g/mol. The summed E-state index contributed by atoms with van der Waals surface area (Å²) in [7, 11) is -3.72. The molecule has 1 N–H and O–H groups in total. The molecule has 0 atom stereocenters. The molecule has 7 heteroatoms. The average molecular weight is 398 g/mol. The fraction of sp³-hybridized carbons (Fsp3) is 0.190. The van der Waals surface area contributed by atoms with Crippen LogP contribution >= 0.6 is 0 Å². The van der Waals surface area contributed by atoms with Crippen molar-refractivity contribution in [1.82, 2.24) is 4.98 Å². The van der Waals surface area contributed by atoms with Crippen molar-refractivity contribution >= 4 is 27.2 Å². The second kappa shape index (κ2) is 8.75. The Morgan fingerprint density at radius 1 is 0.929 bits per heavy atom. The van der Waals surface area contributed by atoms with E-state index in [9.17, 15) is 8.42 Å². The maximum Gasteiger partial charge on any atom is 0.263 e. The van der Waals surface area contributed by atoms with Gasteiger partial charge in [-0.2, -0.15) is 0 Å². The van der Waals surface area contributed by atoms with E-state index in [-0.39, 0.29) is 10.7 Å². The standard InChI is InChI=1S/C21H23N3O3S/c1-3-24(17-8-6-5-7-9-17)18-10-15-21(22-16-18)23-28(25,26)20-13-11-19(12-14-20)27-4-2/h5-16H,3-4H2,1-2H3,(H,22,23). The lowest BCUT2D eigenvalue weighted by Gasteiger charge is -2.23. The van der Waals surface area contributed by atoms with Gasteiger partial charge in [0, 0.05) is 12.2 Å². The maximum absolute atomic E-state index is 12.6. The second-order valence-electron chi connectivity index (χ2n) is 5.99. The molecule has 0 aliphatic carbocycles. The minimum absolute atomic E-state index is 0.154. The van der Waals surface area contributed by atoms with Crippen molar-refractivity contribution in [2.45, 2.75) is 18.7 Å². The minimum Gasteiger partial charge on any atom is -0.494 e. The molecule has 3 aromatic rings. The van der Waals surface area contributed by atoms with E-state index in [0.717, 1.165) is 17.9 Å². The van der Waals surface area contributed by atoms with Crippen LogP contribution in [0.3, 0.4) is 0 Å². The topological polar surface area (TPSA) is 71.5 Å². The minimum atomic E-state index is -3.72. The number of pyridine rings is 1. The highest BCUT2D eigenvalue weighted by molar-refractivity contribution is 7.92. The molecule has 1 heterocycles. The number of hydrogen-bond acceptors (Lipinski definition) is 5. The van der Waals surface area contributed by atoms with Crippen LogP contribution < -0.4 is 14.4 Å². The largest absolute Gasteiger partial charge is 0.494 e. The van der Waals surface area contributed by atoms with Gasteiger partial charge in [0.1, 0.15) is 11.6 Å². The van der Waals surface area contributed by atoms with Gasteiger partial charge in [0.2, 0.25) is 0 Å². The number of sulfonamides is 1. The Balaban J connectivity index is 1.76. The number of benzene rings is 2. The quantitative estimate of drug-likeness (QED) is 0.608. The lowest BCUT2D eigenvalue weighted by atomic mass is 10.2. The van der Waals surface area contributed by atoms with Crippen molar-refractivity contribution < 1.29 is 13.2 Å². The normalized spacial score (nSPS) is 11.1. The zero-order valence-corrected chi connectivity index (χ0v) is 16.7. The van der Waals surface area contributed by atoms with E-state index < -0.39 is 10.0 Å². The van der Waals surface area contributed by atoms with Gasteiger partial charge >= 0.3 is 0 Å². The molecule has 0 aliphatic heterocycles. The Morgan fingerprint density at radius 2 is 1.64 bits per heavy atom. The Hall–Kier alpha value is -3.06. The third kappa shape index (κ3) is 4.61. The molecule has 0 amide bonds. The summed E-state index contributed by atoms with van der Waals surface area (Å²) in [5.41, 5.74) is 1.94. The van der Waals surface area contributed by atoms with Crippen molar-refractivity contribution in [3.8, 4) is 5.75 Å². The average Bonchev–Trinajstić information content (AvgIpc) is 2.71. The van der Waals surface area contributed by atoms with Gasteiger partial charge in [0.15, 0.2) is 0 Å². The van der Waals surface area contributed by atoms with E-state index in [2.05, 4.69) is 21.5 Å². The van der Waals surface area contributed by atoms with Gasteiger partial charge < -0.3 is 9.64 Å². The maximum atomic E-state index is 12.6. The van der Waals surface area contributed by atoms with Crippen molar-refractivity contribution in [1.29, 1.82) is 0 Å². The Labute approximate surface area is 165 Å². The molecule has 28 heavy (non-hydrogen) atoms. The van der Waals surface area contributed by atoms with E-state index in [1.165, 1.54) is 12.1 Å². The SMILES string of the molecule is CCOc1ccc(S(=O)(=O)Nc2ccc(N(CC)c3ccccc3)cn2)cc1. The predicted octanol–water partition coefficient (Wildman–Crippen LogP) is 4.44. The highest BCUT2D eigenvalue weighted by atomic mass is 32.2. The summed E-state index contributed by atoms with van der Waals surface area (Å²) in [4.78, 5) is 6.52. The highest BCUT2D eigenvalue weighted by Gasteiger charge is 2.15. The summed E-state index contributed by atoms with van der Waals surface area (Å²) in [5.74, 6) is 0.895. The molecule has 2 aromatic carbocycles. The number of rotatable bonds is 8. The molecule has 0 radical (unpaired) electrons. The van der Waals surface area contributed by atoms with Crippen molar-refractivity contribution in [2.75, 3.05) is 22.8 Å². The highest BCUT2D eigenvalue weighted by Crippen LogP contribution is 2.25. The molecule has 6 nitrogen and oxygen atoms in total. The van der Waals surface area contributed by atoms with Gasteiger partial charge in [-0.1, -0.05) is 18.2 Å². The van der Waals surface area contributed by atoms with Crippen LogP contribution in [0.5, 0.6) is 5.75 Å². The van der Waals surface area contributed by atoms with Crippen LogP contribution in [0.15, 0.2) is 77.8 Å². The smallest absolute Gasteiger partial charge is 0.263 e. The fourth-order valence-corrected chi connectivity index (χ4v) is 3.81. The Morgan fingerprint density at radius 3 is 2.21 bits per heavy atom. The third-order valence-corrected chi connectivity index (χ3v) is 5.50. The van der Waals surface area contributed by atoms with Crippen molar-refractivity contribution in [2.24, 2.45) is 0 Å². The number of para-hydroxylation sites is 1. The van der Waals surface area contributed by atoms with Crippen LogP contribution in [0.2, 0.25) is 0 Å². The predicted molar refractivity (Wildman–Crippen MR) is 112 cm³/mol. The lowest BCUT2D eigenvalue weighted by Crippen LogP contribution is -2.17. The Bertz CT molecular complexity index is 989. The van der Waals surface area contributed by atoms with E-state index in [0.29, 0.717) is 12.4 Å². The zero-order valence-electron chi connectivity index (χ0n) is 15.9. The molecule has 0 saturated heterocycles. The molecule has 3 rings (SSSR count). The lowest BCUT2D eigenvalue weighted by molar-refractivity contribution is 0.340. The van der Waals surface area contributed by atoms with E-state index in [4.69, 9.17) is 4.74 Å². The molecule has 0 bridgehead atoms. The number of anilines is 3. The number of hydrogen-bond donors (Lipinski definition) is 1. The first-order chi connectivity index (χ1) is 13.5. The van der Waals surface area contributed by atoms with Crippen LogP contribution in [-0.4, -0.2) is 26.6 Å². The van der Waals surface area contributed by atoms with Crippen molar-refractivity contribution in [3.63, 3.8) is 0 Å². The fourth-order valence-electron chi connectivity index (χ4n) is 2.81. The molecule has 0 aliphatic rings. The Kier molecular flexibility index (Phi) is 6.16. The molecule has 0 saturated carbocycles. The molecule has 146 valence electrons. The van der Waals surface area contributed by atoms with Gasteiger partial charge in [0.05, 0.1) is 23.4 Å². The summed E-state index contributed by atoms with van der Waals surface area (Å²) < 4.78 is 33.0. The van der Waals surface area contributed by atoms with Crippen LogP contribution in [-0.2, 0) is 10.0 Å². The van der Waals surface area contributed by atoms with Crippen LogP contribution in [0.25, 0.3) is 0 Å². The molecule has 1 aromatic heterocycles. The summed E-state index contributed by atoms with van der Waals surface area (Å²) in [6, 6.07) is 19.8. The first-order valence-electron chi connectivity index (χ1n) is 9.08. The third-order valence-electron chi connectivity index (χ3n) is 4.13. The first-order valence-corrected chi connectivity index (χ1v) is 10.6. The molecule has 0 unspecified atom stereocenters. The van der Waals surface area contributed by atoms with Gasteiger partial charge in [-0.05, 0) is 62.4 Å². The molecule has 0 spiro atoms. The summed E-state index contributed by atoms with van der Waals surface area (Å²) in [6.45, 7) is 5.22. The van der Waals surface area contributed by atoms with Gasteiger partial charge in [-0.15, -0.1) is 0 Å². The number of nitrogens with zero attached hydrogens (tertiary/aromatic N) is 2. The molecule has 0 fully saturated rings. The van der Waals surface area contributed by atoms with E-state index >= 15 is 0 Å². The molecular weight excluding hydrogens is 374 g/mol. The van der Waals surface area contributed by atoms with E-state index in [1.807, 2.05) is 43.3 Å². The van der Waals surface area contributed by atoms with Crippen LogP contribution in [0.4, 0.5) is 17.2 Å².